The molecule has 28 heavy (non-hydrogen) atoms. The summed E-state index contributed by atoms with van der Waals surface area (Å²) in [5.41, 5.74) is 1.62. The number of rotatable bonds is 5. The molecule has 0 saturated carbocycles. The van der Waals surface area contributed by atoms with E-state index < -0.39 is 11.9 Å². The number of para-hydroxylation sites is 1. The molecule has 0 radical (unpaired) electrons. The van der Waals surface area contributed by atoms with Gasteiger partial charge in [-0.2, -0.15) is 0 Å². The van der Waals surface area contributed by atoms with E-state index in [0.29, 0.717) is 22.3 Å². The van der Waals surface area contributed by atoms with Crippen LogP contribution in [0.5, 0.6) is 11.5 Å². The Balaban J connectivity index is 1.47. The molecule has 4 rings (SSSR count). The number of thiazole rings is 1. The van der Waals surface area contributed by atoms with E-state index in [2.05, 4.69) is 15.6 Å². The van der Waals surface area contributed by atoms with Crippen LogP contribution in [0.25, 0.3) is 0 Å². The number of aromatic nitrogens is 1. The zero-order valence-corrected chi connectivity index (χ0v) is 15.5. The van der Waals surface area contributed by atoms with Crippen molar-refractivity contribution in [3.8, 4) is 11.5 Å². The highest BCUT2D eigenvalue weighted by Gasteiger charge is 2.17. The number of carbonyl (C=O) groups excluding carboxylic acids is 2. The lowest BCUT2D eigenvalue weighted by molar-refractivity contribution is 0.0602. The van der Waals surface area contributed by atoms with E-state index in [-0.39, 0.29) is 18.1 Å². The summed E-state index contributed by atoms with van der Waals surface area (Å²) < 4.78 is 15.4. The van der Waals surface area contributed by atoms with Gasteiger partial charge in [0.1, 0.15) is 5.69 Å². The maximum Gasteiger partial charge on any atom is 0.339 e. The number of benzene rings is 2. The van der Waals surface area contributed by atoms with Crippen molar-refractivity contribution in [2.45, 2.75) is 0 Å². The Morgan fingerprint density at radius 3 is 2.82 bits per heavy atom. The van der Waals surface area contributed by atoms with Gasteiger partial charge in [-0.15, -0.1) is 11.3 Å². The summed E-state index contributed by atoms with van der Waals surface area (Å²) in [6.07, 6.45) is 0. The molecule has 9 heteroatoms. The number of anilines is 3. The molecule has 0 aliphatic carbocycles. The van der Waals surface area contributed by atoms with Crippen LogP contribution in [0.4, 0.5) is 16.5 Å². The maximum atomic E-state index is 12.5. The highest BCUT2D eigenvalue weighted by molar-refractivity contribution is 7.14. The monoisotopic (exact) mass is 397 g/mol. The highest BCUT2D eigenvalue weighted by atomic mass is 32.1. The minimum Gasteiger partial charge on any atom is -0.465 e. The number of carbonyl (C=O) groups is 2. The Kier molecular flexibility index (Phi) is 4.81. The van der Waals surface area contributed by atoms with E-state index in [1.54, 1.807) is 41.8 Å². The van der Waals surface area contributed by atoms with Crippen LogP contribution in [0.3, 0.4) is 0 Å². The Morgan fingerprint density at radius 1 is 1.14 bits per heavy atom. The molecule has 0 spiro atoms. The third-order valence-corrected chi connectivity index (χ3v) is 4.70. The van der Waals surface area contributed by atoms with Crippen LogP contribution < -0.4 is 20.1 Å². The molecule has 1 aliphatic rings. The van der Waals surface area contributed by atoms with Gasteiger partial charge in [0, 0.05) is 17.1 Å². The molecule has 2 aromatic carbocycles. The Bertz CT molecular complexity index is 1050. The van der Waals surface area contributed by atoms with Crippen LogP contribution in [0.15, 0.2) is 47.8 Å². The first kappa shape index (κ1) is 17.8. The lowest BCUT2D eigenvalue weighted by Crippen LogP contribution is -2.15. The molecular formula is C19H15N3O5S. The molecule has 0 bridgehead atoms. The number of amides is 1. The van der Waals surface area contributed by atoms with Crippen LogP contribution >= 0.6 is 11.3 Å². The SMILES string of the molecule is COC(=O)c1ccccc1NC(=O)c1csc(Nc2ccc3c(c2)OCO3)n1. The second kappa shape index (κ2) is 7.57. The second-order valence-corrected chi connectivity index (χ2v) is 6.58. The summed E-state index contributed by atoms with van der Waals surface area (Å²) in [4.78, 5) is 28.6. The third kappa shape index (κ3) is 3.60. The molecule has 1 aliphatic heterocycles. The van der Waals surface area contributed by atoms with Crippen molar-refractivity contribution in [2.75, 3.05) is 24.5 Å². The van der Waals surface area contributed by atoms with Crippen LogP contribution in [-0.4, -0.2) is 30.8 Å². The first-order valence-electron chi connectivity index (χ1n) is 8.25. The number of methoxy groups -OCH3 is 1. The Morgan fingerprint density at radius 2 is 1.96 bits per heavy atom. The highest BCUT2D eigenvalue weighted by Crippen LogP contribution is 2.35. The summed E-state index contributed by atoms with van der Waals surface area (Å²) in [6.45, 7) is 0.202. The normalized spacial score (nSPS) is 11.8. The fourth-order valence-corrected chi connectivity index (χ4v) is 3.31. The van der Waals surface area contributed by atoms with Crippen molar-refractivity contribution in [1.29, 1.82) is 0 Å². The summed E-state index contributed by atoms with van der Waals surface area (Å²) in [7, 11) is 1.29. The minimum atomic E-state index is -0.528. The zero-order chi connectivity index (χ0) is 19.5. The molecule has 1 aromatic heterocycles. The van der Waals surface area contributed by atoms with Gasteiger partial charge in [-0.3, -0.25) is 4.79 Å². The standard InChI is InChI=1S/C19H15N3O5S/c1-25-18(24)12-4-2-3-5-13(12)21-17(23)14-9-28-19(22-14)20-11-6-7-15-16(8-11)27-10-26-15/h2-9H,10H2,1H3,(H,20,22)(H,21,23). The maximum absolute atomic E-state index is 12.5. The van der Waals surface area contributed by atoms with Crippen LogP contribution in [0, 0.1) is 0 Å². The second-order valence-electron chi connectivity index (χ2n) is 5.72. The predicted octanol–water partition coefficient (Wildman–Crippen LogP) is 3.65. The van der Waals surface area contributed by atoms with Gasteiger partial charge in [-0.25, -0.2) is 9.78 Å². The summed E-state index contributed by atoms with van der Waals surface area (Å²) in [6, 6.07) is 12.1. The molecule has 3 aromatic rings. The van der Waals surface area contributed by atoms with Crippen molar-refractivity contribution in [3.05, 3.63) is 59.1 Å². The van der Waals surface area contributed by atoms with Gasteiger partial charge in [-0.1, -0.05) is 12.1 Å². The van der Waals surface area contributed by atoms with E-state index in [9.17, 15) is 9.59 Å². The molecule has 8 nitrogen and oxygen atoms in total. The van der Waals surface area contributed by atoms with Crippen molar-refractivity contribution >= 4 is 39.7 Å². The van der Waals surface area contributed by atoms with Gasteiger partial charge in [0.2, 0.25) is 6.79 Å². The summed E-state index contributed by atoms with van der Waals surface area (Å²) >= 11 is 1.28. The topological polar surface area (TPSA) is 98.8 Å². The van der Waals surface area contributed by atoms with E-state index in [1.807, 2.05) is 6.07 Å². The first-order valence-corrected chi connectivity index (χ1v) is 9.13. The molecule has 142 valence electrons. The Hall–Kier alpha value is -3.59. The van der Waals surface area contributed by atoms with Crippen LogP contribution in [0.2, 0.25) is 0 Å². The van der Waals surface area contributed by atoms with Crippen LogP contribution in [-0.2, 0) is 4.74 Å². The lowest BCUT2D eigenvalue weighted by atomic mass is 10.2. The van der Waals surface area contributed by atoms with Gasteiger partial charge >= 0.3 is 5.97 Å². The third-order valence-electron chi connectivity index (χ3n) is 3.94. The van der Waals surface area contributed by atoms with E-state index in [4.69, 9.17) is 14.2 Å². The molecule has 1 amide bonds. The van der Waals surface area contributed by atoms with Gasteiger partial charge in [-0.05, 0) is 24.3 Å². The quantitative estimate of drug-likeness (QED) is 0.634. The molecule has 0 unspecified atom stereocenters. The van der Waals surface area contributed by atoms with Crippen molar-refractivity contribution < 1.29 is 23.8 Å². The molecule has 2 N–H and O–H groups in total. The number of nitrogens with zero attached hydrogens (tertiary/aromatic N) is 1. The summed E-state index contributed by atoms with van der Waals surface area (Å²) in [5.74, 6) is 0.388. The fraction of sp³-hybridized carbons (Fsp3) is 0.105. The summed E-state index contributed by atoms with van der Waals surface area (Å²) in [5, 5.41) is 8.00. The Labute approximate surface area is 164 Å². The van der Waals surface area contributed by atoms with Gasteiger partial charge in [0.05, 0.1) is 18.4 Å². The number of ether oxygens (including phenoxy) is 3. The molecular weight excluding hydrogens is 382 g/mol. The zero-order valence-electron chi connectivity index (χ0n) is 14.7. The first-order chi connectivity index (χ1) is 13.6. The van der Waals surface area contributed by atoms with Gasteiger partial charge in [0.15, 0.2) is 16.6 Å². The number of hydrogen-bond donors (Lipinski definition) is 2. The molecule has 0 fully saturated rings. The van der Waals surface area contributed by atoms with E-state index >= 15 is 0 Å². The molecule has 2 heterocycles. The number of esters is 1. The van der Waals surface area contributed by atoms with Crippen molar-refractivity contribution in [2.24, 2.45) is 0 Å². The molecule has 0 saturated heterocycles. The predicted molar refractivity (Wildman–Crippen MR) is 104 cm³/mol. The average molecular weight is 397 g/mol. The largest absolute Gasteiger partial charge is 0.465 e. The number of fused-ring (bicyclic) bond motifs is 1. The fourth-order valence-electron chi connectivity index (χ4n) is 2.60. The van der Waals surface area contributed by atoms with E-state index in [0.717, 1.165) is 5.69 Å². The van der Waals surface area contributed by atoms with Crippen molar-refractivity contribution in [1.82, 2.24) is 4.98 Å². The minimum absolute atomic E-state index is 0.202. The number of nitrogens with one attached hydrogen (secondary N) is 2. The molecule has 0 atom stereocenters. The smallest absolute Gasteiger partial charge is 0.339 e. The average Bonchev–Trinajstić information content (AvgIpc) is 3.37. The number of hydrogen-bond acceptors (Lipinski definition) is 8. The van der Waals surface area contributed by atoms with Crippen LogP contribution in [0.1, 0.15) is 20.8 Å². The van der Waals surface area contributed by atoms with Crippen molar-refractivity contribution in [3.63, 3.8) is 0 Å². The lowest BCUT2D eigenvalue weighted by Gasteiger charge is -2.08. The van der Waals surface area contributed by atoms with E-state index in [1.165, 1.54) is 18.4 Å². The van der Waals surface area contributed by atoms with Gasteiger partial charge < -0.3 is 24.8 Å². The van der Waals surface area contributed by atoms with Gasteiger partial charge in [0.25, 0.3) is 5.91 Å².